The molecular formula is C9H18N2O3S. The van der Waals surface area contributed by atoms with Gasteiger partial charge in [-0.05, 0) is 19.3 Å². The second kappa shape index (κ2) is 4.78. The van der Waals surface area contributed by atoms with E-state index < -0.39 is 10.2 Å². The van der Waals surface area contributed by atoms with E-state index in [1.54, 1.807) is 4.31 Å². The molecule has 2 aliphatic rings. The third-order valence-electron chi connectivity index (χ3n) is 2.87. The SMILES string of the molecule is O=S(=O)(N1CCCCCC1)N1CCCO1. The monoisotopic (exact) mass is 234 g/mol. The summed E-state index contributed by atoms with van der Waals surface area (Å²) in [5, 5.41) is 0. The average molecular weight is 234 g/mol. The van der Waals surface area contributed by atoms with Gasteiger partial charge in [0.05, 0.1) is 6.61 Å². The maximum atomic E-state index is 12.1. The summed E-state index contributed by atoms with van der Waals surface area (Å²) < 4.78 is 26.8. The van der Waals surface area contributed by atoms with Crippen molar-refractivity contribution < 1.29 is 13.3 Å². The van der Waals surface area contributed by atoms with Crippen molar-refractivity contribution in [2.75, 3.05) is 26.2 Å². The van der Waals surface area contributed by atoms with E-state index in [-0.39, 0.29) is 0 Å². The minimum Gasteiger partial charge on any atom is -0.283 e. The zero-order valence-electron chi connectivity index (χ0n) is 8.89. The van der Waals surface area contributed by atoms with Crippen LogP contribution < -0.4 is 0 Å². The average Bonchev–Trinajstić information content (AvgIpc) is 2.61. The lowest BCUT2D eigenvalue weighted by Gasteiger charge is -2.24. The molecule has 15 heavy (non-hydrogen) atoms. The zero-order chi connectivity index (χ0) is 10.7. The summed E-state index contributed by atoms with van der Waals surface area (Å²) in [6.45, 7) is 2.30. The van der Waals surface area contributed by atoms with Crippen LogP contribution in [0.5, 0.6) is 0 Å². The number of hydrogen-bond donors (Lipinski definition) is 0. The van der Waals surface area contributed by atoms with Crippen molar-refractivity contribution in [2.45, 2.75) is 32.1 Å². The summed E-state index contributed by atoms with van der Waals surface area (Å²) >= 11 is 0. The second-order valence-corrected chi connectivity index (χ2v) is 5.85. The summed E-state index contributed by atoms with van der Waals surface area (Å²) in [6, 6.07) is 0. The molecular weight excluding hydrogens is 216 g/mol. The Morgan fingerprint density at radius 1 is 0.867 bits per heavy atom. The normalized spacial score (nSPS) is 26.7. The summed E-state index contributed by atoms with van der Waals surface area (Å²) in [5.74, 6) is 0. The van der Waals surface area contributed by atoms with Gasteiger partial charge >= 0.3 is 10.2 Å². The Labute approximate surface area is 91.1 Å². The van der Waals surface area contributed by atoms with Gasteiger partial charge in [-0.2, -0.15) is 12.7 Å². The van der Waals surface area contributed by atoms with E-state index >= 15 is 0 Å². The first-order chi connectivity index (χ1) is 7.21. The fourth-order valence-electron chi connectivity index (χ4n) is 2.01. The highest BCUT2D eigenvalue weighted by Gasteiger charge is 2.32. The molecule has 6 heteroatoms. The van der Waals surface area contributed by atoms with Crippen LogP contribution >= 0.6 is 0 Å². The highest BCUT2D eigenvalue weighted by Crippen LogP contribution is 2.19. The van der Waals surface area contributed by atoms with Crippen LogP contribution in [0.15, 0.2) is 0 Å². The van der Waals surface area contributed by atoms with Crippen molar-refractivity contribution >= 4 is 10.2 Å². The molecule has 0 aromatic carbocycles. The smallest absolute Gasteiger partial charge is 0.283 e. The number of rotatable bonds is 2. The largest absolute Gasteiger partial charge is 0.304 e. The standard InChI is InChI=1S/C9H18N2O3S/c12-15(13,11-8-5-9-14-11)10-6-3-1-2-4-7-10/h1-9H2. The van der Waals surface area contributed by atoms with Crippen LogP contribution in [0.3, 0.4) is 0 Å². The molecule has 0 radical (unpaired) electrons. The van der Waals surface area contributed by atoms with Crippen molar-refractivity contribution in [1.29, 1.82) is 0 Å². The number of nitrogens with zero attached hydrogens (tertiary/aromatic N) is 2. The molecule has 0 aromatic rings. The fraction of sp³-hybridized carbons (Fsp3) is 1.00. The molecule has 5 nitrogen and oxygen atoms in total. The molecule has 0 saturated carbocycles. The van der Waals surface area contributed by atoms with E-state index in [4.69, 9.17) is 4.84 Å². The number of hydrogen-bond acceptors (Lipinski definition) is 3. The molecule has 88 valence electrons. The third-order valence-corrected chi connectivity index (χ3v) is 4.69. The first-order valence-electron chi connectivity index (χ1n) is 5.62. The number of hydroxylamine groups is 1. The molecule has 0 bridgehead atoms. The molecule has 2 aliphatic heterocycles. The lowest BCUT2D eigenvalue weighted by atomic mass is 10.2. The van der Waals surface area contributed by atoms with Gasteiger partial charge in [0.15, 0.2) is 0 Å². The molecule has 2 rings (SSSR count). The molecule has 0 aliphatic carbocycles. The van der Waals surface area contributed by atoms with Gasteiger partial charge < -0.3 is 0 Å². The van der Waals surface area contributed by atoms with Crippen molar-refractivity contribution in [1.82, 2.24) is 8.77 Å². The molecule has 0 aromatic heterocycles. The van der Waals surface area contributed by atoms with Crippen LogP contribution in [0, 0.1) is 0 Å². The molecule has 0 N–H and O–H groups in total. The van der Waals surface area contributed by atoms with Gasteiger partial charge in [0.25, 0.3) is 0 Å². The van der Waals surface area contributed by atoms with Crippen LogP contribution in [-0.2, 0) is 15.0 Å². The van der Waals surface area contributed by atoms with Gasteiger partial charge in [-0.25, -0.2) is 0 Å². The van der Waals surface area contributed by atoms with Gasteiger partial charge in [-0.1, -0.05) is 17.3 Å². The van der Waals surface area contributed by atoms with Crippen LogP contribution in [-0.4, -0.2) is 43.4 Å². The predicted molar refractivity (Wildman–Crippen MR) is 56.2 cm³/mol. The summed E-state index contributed by atoms with van der Waals surface area (Å²) in [5.41, 5.74) is 0. The van der Waals surface area contributed by atoms with E-state index in [0.717, 1.165) is 36.6 Å². The Bertz CT molecular complexity index is 290. The van der Waals surface area contributed by atoms with E-state index in [2.05, 4.69) is 0 Å². The highest BCUT2D eigenvalue weighted by molar-refractivity contribution is 7.86. The Balaban J connectivity index is 2.05. The van der Waals surface area contributed by atoms with Gasteiger partial charge in [0, 0.05) is 19.6 Å². The van der Waals surface area contributed by atoms with Gasteiger partial charge in [0.2, 0.25) is 0 Å². The van der Waals surface area contributed by atoms with Crippen molar-refractivity contribution in [3.05, 3.63) is 0 Å². The Morgan fingerprint density at radius 3 is 2.07 bits per heavy atom. The summed E-state index contributed by atoms with van der Waals surface area (Å²) in [4.78, 5) is 5.12. The van der Waals surface area contributed by atoms with Crippen LogP contribution in [0.4, 0.5) is 0 Å². The molecule has 2 saturated heterocycles. The summed E-state index contributed by atoms with van der Waals surface area (Å²) in [6.07, 6.45) is 4.99. The van der Waals surface area contributed by atoms with Gasteiger partial charge in [-0.15, -0.1) is 0 Å². The quantitative estimate of drug-likeness (QED) is 0.708. The Kier molecular flexibility index (Phi) is 3.60. The predicted octanol–water partition coefficient (Wildman–Crippen LogP) is 0.744. The zero-order valence-corrected chi connectivity index (χ0v) is 9.71. The van der Waals surface area contributed by atoms with E-state index in [1.165, 1.54) is 0 Å². The highest BCUT2D eigenvalue weighted by atomic mass is 32.2. The maximum Gasteiger partial charge on any atom is 0.304 e. The van der Waals surface area contributed by atoms with Crippen molar-refractivity contribution in [3.8, 4) is 0 Å². The molecule has 0 unspecified atom stereocenters. The lowest BCUT2D eigenvalue weighted by molar-refractivity contribution is -0.0339. The first kappa shape index (κ1) is 11.3. The topological polar surface area (TPSA) is 49.9 Å². The van der Waals surface area contributed by atoms with E-state index in [0.29, 0.717) is 26.2 Å². The minimum atomic E-state index is -3.34. The van der Waals surface area contributed by atoms with Crippen molar-refractivity contribution in [2.24, 2.45) is 0 Å². The maximum absolute atomic E-state index is 12.1. The fourth-order valence-corrected chi connectivity index (χ4v) is 3.55. The van der Waals surface area contributed by atoms with Crippen LogP contribution in [0.25, 0.3) is 0 Å². The Morgan fingerprint density at radius 2 is 1.53 bits per heavy atom. The lowest BCUT2D eigenvalue weighted by Crippen LogP contribution is -2.42. The Hall–Kier alpha value is -0.170. The molecule has 2 fully saturated rings. The van der Waals surface area contributed by atoms with E-state index in [9.17, 15) is 8.42 Å². The molecule has 0 spiro atoms. The molecule has 2 heterocycles. The molecule has 0 amide bonds. The second-order valence-electron chi connectivity index (χ2n) is 4.03. The van der Waals surface area contributed by atoms with Crippen molar-refractivity contribution in [3.63, 3.8) is 0 Å². The van der Waals surface area contributed by atoms with Crippen LogP contribution in [0.2, 0.25) is 0 Å². The van der Waals surface area contributed by atoms with Gasteiger partial charge in [-0.3, -0.25) is 4.84 Å². The van der Waals surface area contributed by atoms with Crippen LogP contribution in [0.1, 0.15) is 32.1 Å². The van der Waals surface area contributed by atoms with E-state index in [1.807, 2.05) is 0 Å². The minimum absolute atomic E-state index is 0.499. The summed E-state index contributed by atoms with van der Waals surface area (Å²) in [7, 11) is -3.34. The van der Waals surface area contributed by atoms with Gasteiger partial charge in [0.1, 0.15) is 0 Å². The third kappa shape index (κ3) is 2.50. The first-order valence-corrected chi connectivity index (χ1v) is 7.02. The molecule has 0 atom stereocenters.